The summed E-state index contributed by atoms with van der Waals surface area (Å²) in [5.41, 5.74) is 0.581. The molecule has 0 aliphatic carbocycles. The maximum absolute atomic E-state index is 9.64. The summed E-state index contributed by atoms with van der Waals surface area (Å²) in [5, 5.41) is 19.8. The van der Waals surface area contributed by atoms with Gasteiger partial charge < -0.3 is 20.0 Å². The molecule has 1 aromatic carbocycles. The van der Waals surface area contributed by atoms with Gasteiger partial charge in [0.15, 0.2) is 16.7 Å². The summed E-state index contributed by atoms with van der Waals surface area (Å²) in [6.45, 7) is 11.6. The van der Waals surface area contributed by atoms with E-state index in [1.165, 1.54) is 23.9 Å². The molecule has 24 heavy (non-hydrogen) atoms. The van der Waals surface area contributed by atoms with Gasteiger partial charge in [0.2, 0.25) is 0 Å². The molecule has 136 valence electrons. The monoisotopic (exact) mass is 391 g/mol. The zero-order chi connectivity index (χ0) is 17.4. The first-order valence-corrected chi connectivity index (χ1v) is 9.01. The lowest BCUT2D eigenvalue weighted by Crippen LogP contribution is -2.33. The van der Waals surface area contributed by atoms with E-state index in [4.69, 9.17) is 12.2 Å². The zero-order valence-electron chi connectivity index (χ0n) is 14.5. The lowest BCUT2D eigenvalue weighted by atomic mass is 10.3. The number of halogens is 1. The molecule has 5 nitrogen and oxygen atoms in total. The lowest BCUT2D eigenvalue weighted by molar-refractivity contribution is 0.404. The summed E-state index contributed by atoms with van der Waals surface area (Å²) in [5.74, 6) is -0.332. The van der Waals surface area contributed by atoms with Crippen LogP contribution in [0.5, 0.6) is 11.5 Å². The largest absolute Gasteiger partial charge is 0.504 e. The van der Waals surface area contributed by atoms with Gasteiger partial charge in [-0.3, -0.25) is 0 Å². The number of amidine groups is 1. The maximum atomic E-state index is 9.64. The van der Waals surface area contributed by atoms with E-state index in [2.05, 4.69) is 42.5 Å². The van der Waals surface area contributed by atoms with E-state index in [0.717, 1.165) is 35.7 Å². The summed E-state index contributed by atoms with van der Waals surface area (Å²) in [7, 11) is 0. The highest BCUT2D eigenvalue weighted by atomic mass is 35.5. The van der Waals surface area contributed by atoms with E-state index in [0.29, 0.717) is 5.69 Å². The number of thioether (sulfide) groups is 1. The number of benzene rings is 1. The van der Waals surface area contributed by atoms with Crippen molar-refractivity contribution in [3.63, 3.8) is 0 Å². The molecule has 0 bridgehead atoms. The van der Waals surface area contributed by atoms with E-state index < -0.39 is 0 Å². The van der Waals surface area contributed by atoms with E-state index >= 15 is 0 Å². The highest BCUT2D eigenvalue weighted by Gasteiger charge is 2.15. The Morgan fingerprint density at radius 2 is 1.54 bits per heavy atom. The molecule has 0 aliphatic rings. The molecule has 0 saturated heterocycles. The van der Waals surface area contributed by atoms with Gasteiger partial charge in [-0.1, -0.05) is 12.2 Å². The minimum Gasteiger partial charge on any atom is -0.504 e. The highest BCUT2D eigenvalue weighted by Crippen LogP contribution is 2.30. The van der Waals surface area contributed by atoms with Crippen molar-refractivity contribution in [2.24, 2.45) is 4.99 Å². The van der Waals surface area contributed by atoms with Crippen LogP contribution in [0.2, 0.25) is 0 Å². The molecule has 0 heterocycles. The van der Waals surface area contributed by atoms with Gasteiger partial charge in [-0.25, -0.2) is 4.99 Å². The van der Waals surface area contributed by atoms with Crippen LogP contribution >= 0.6 is 36.4 Å². The van der Waals surface area contributed by atoms with Crippen LogP contribution < -0.4 is 0 Å². The summed E-state index contributed by atoms with van der Waals surface area (Å²) in [6, 6.07) is 4.54. The van der Waals surface area contributed by atoms with Crippen LogP contribution in [0.25, 0.3) is 0 Å². The summed E-state index contributed by atoms with van der Waals surface area (Å²) in [4.78, 5) is 8.83. The standard InChI is InChI=1S/C16H25N3O2S2.ClH/c1-5-18(6-2)15(23-16(22)19(7-3)8-4)17-12-9-10-13(20)14(21)11-12;/h9-11,20-21H,5-8H2,1-4H3;1H. The van der Waals surface area contributed by atoms with Gasteiger partial charge in [0.25, 0.3) is 0 Å². The maximum Gasteiger partial charge on any atom is 0.171 e. The number of nitrogens with zero attached hydrogens (tertiary/aromatic N) is 3. The molecule has 0 radical (unpaired) electrons. The highest BCUT2D eigenvalue weighted by molar-refractivity contribution is 8.32. The number of aliphatic imine (C=N–C) groups is 1. The Kier molecular flexibility index (Phi) is 10.8. The topological polar surface area (TPSA) is 59.3 Å². The Hall–Kier alpha value is -1.18. The van der Waals surface area contributed by atoms with Crippen molar-refractivity contribution in [2.75, 3.05) is 26.2 Å². The third kappa shape index (κ3) is 6.37. The van der Waals surface area contributed by atoms with Crippen LogP contribution in [0.1, 0.15) is 27.7 Å². The average Bonchev–Trinajstić information content (AvgIpc) is 2.53. The van der Waals surface area contributed by atoms with E-state index in [1.54, 1.807) is 6.07 Å². The number of phenolic OH excluding ortho intramolecular Hbond substituents is 2. The molecule has 0 fully saturated rings. The minimum absolute atomic E-state index is 0. The Balaban J connectivity index is 0.00000529. The smallest absolute Gasteiger partial charge is 0.171 e. The van der Waals surface area contributed by atoms with Crippen LogP contribution in [0, 0.1) is 0 Å². The van der Waals surface area contributed by atoms with Crippen molar-refractivity contribution in [3.05, 3.63) is 18.2 Å². The second-order valence-electron chi connectivity index (χ2n) is 4.78. The van der Waals surface area contributed by atoms with Crippen LogP contribution in [-0.2, 0) is 0 Å². The van der Waals surface area contributed by atoms with Crippen LogP contribution in [-0.4, -0.2) is 55.7 Å². The molecule has 1 aromatic rings. The van der Waals surface area contributed by atoms with Crippen LogP contribution in [0.4, 0.5) is 5.69 Å². The van der Waals surface area contributed by atoms with Crippen molar-refractivity contribution in [1.29, 1.82) is 0 Å². The van der Waals surface area contributed by atoms with Crippen molar-refractivity contribution >= 4 is 51.6 Å². The van der Waals surface area contributed by atoms with Gasteiger partial charge in [0, 0.05) is 32.2 Å². The molecule has 0 spiro atoms. The fourth-order valence-corrected chi connectivity index (χ4v) is 3.53. The zero-order valence-corrected chi connectivity index (χ0v) is 17.0. The van der Waals surface area contributed by atoms with E-state index in [-0.39, 0.29) is 23.9 Å². The quantitative estimate of drug-likeness (QED) is 0.339. The van der Waals surface area contributed by atoms with Gasteiger partial charge in [-0.05, 0) is 51.6 Å². The first-order valence-electron chi connectivity index (χ1n) is 7.79. The first-order chi connectivity index (χ1) is 11.0. The fraction of sp³-hybridized carbons (Fsp3) is 0.500. The number of hydrogen-bond acceptors (Lipinski definition) is 5. The van der Waals surface area contributed by atoms with Gasteiger partial charge >= 0.3 is 0 Å². The molecule has 0 aromatic heterocycles. The fourth-order valence-electron chi connectivity index (χ4n) is 1.97. The molecule has 0 saturated carbocycles. The average molecular weight is 392 g/mol. The van der Waals surface area contributed by atoms with E-state index in [9.17, 15) is 10.2 Å². The third-order valence-corrected chi connectivity index (χ3v) is 4.89. The van der Waals surface area contributed by atoms with Crippen LogP contribution in [0.15, 0.2) is 23.2 Å². The molecule has 0 aliphatic heterocycles. The Bertz CT molecular complexity index is 562. The summed E-state index contributed by atoms with van der Waals surface area (Å²) >= 11 is 6.97. The van der Waals surface area contributed by atoms with Crippen molar-refractivity contribution in [3.8, 4) is 11.5 Å². The lowest BCUT2D eigenvalue weighted by Gasteiger charge is -2.26. The predicted octanol–water partition coefficient (Wildman–Crippen LogP) is 4.21. The number of thiocarbonyl (C=S) groups is 1. The molecular weight excluding hydrogens is 366 g/mol. The first kappa shape index (κ1) is 22.8. The molecule has 8 heteroatoms. The number of rotatable bonds is 5. The van der Waals surface area contributed by atoms with Crippen molar-refractivity contribution in [2.45, 2.75) is 27.7 Å². The summed E-state index contributed by atoms with van der Waals surface area (Å²) < 4.78 is 0.781. The Morgan fingerprint density at radius 3 is 2.00 bits per heavy atom. The molecular formula is C16H26ClN3O2S2. The third-order valence-electron chi connectivity index (χ3n) is 3.42. The van der Waals surface area contributed by atoms with E-state index in [1.807, 2.05) is 0 Å². The Labute approximate surface area is 160 Å². The SMILES string of the molecule is CCN(CC)C(=S)SC(=Nc1ccc(O)c(O)c1)N(CC)CC.Cl. The predicted molar refractivity (Wildman–Crippen MR) is 110 cm³/mol. The molecule has 0 unspecified atom stereocenters. The molecule has 2 N–H and O–H groups in total. The Morgan fingerprint density at radius 1 is 1.00 bits per heavy atom. The molecule has 0 amide bonds. The van der Waals surface area contributed by atoms with Gasteiger partial charge in [0.1, 0.15) is 4.32 Å². The van der Waals surface area contributed by atoms with Crippen LogP contribution in [0.3, 0.4) is 0 Å². The van der Waals surface area contributed by atoms with Gasteiger partial charge in [-0.15, -0.1) is 12.4 Å². The second kappa shape index (κ2) is 11.4. The van der Waals surface area contributed by atoms with Crippen molar-refractivity contribution < 1.29 is 10.2 Å². The van der Waals surface area contributed by atoms with Gasteiger partial charge in [0.05, 0.1) is 5.69 Å². The molecule has 1 rings (SSSR count). The summed E-state index contributed by atoms with van der Waals surface area (Å²) in [6.07, 6.45) is 0. The number of phenols is 2. The minimum atomic E-state index is -0.179. The van der Waals surface area contributed by atoms with Gasteiger partial charge in [-0.2, -0.15) is 0 Å². The molecule has 0 atom stereocenters. The number of aromatic hydroxyl groups is 2. The number of hydrogen-bond donors (Lipinski definition) is 2. The second-order valence-corrected chi connectivity index (χ2v) is 6.38. The van der Waals surface area contributed by atoms with Crippen molar-refractivity contribution in [1.82, 2.24) is 9.80 Å². The normalized spacial score (nSPS) is 10.9.